The van der Waals surface area contributed by atoms with Gasteiger partial charge in [0, 0.05) is 29.0 Å². The van der Waals surface area contributed by atoms with Crippen molar-refractivity contribution < 1.29 is 9.59 Å². The molecule has 3 aromatic rings. The van der Waals surface area contributed by atoms with Crippen molar-refractivity contribution in [3.8, 4) is 0 Å². The lowest BCUT2D eigenvalue weighted by atomic mass is 9.96. The number of anilines is 2. The summed E-state index contributed by atoms with van der Waals surface area (Å²) in [4.78, 5) is 35.1. The van der Waals surface area contributed by atoms with E-state index in [1.54, 1.807) is 24.0 Å². The van der Waals surface area contributed by atoms with Crippen LogP contribution in [0.15, 0.2) is 57.5 Å². The zero-order valence-electron chi connectivity index (χ0n) is 16.6. The molecule has 0 saturated heterocycles. The average molecular weight is 517 g/mol. The molecular weight excluding hydrogens is 496 g/mol. The van der Waals surface area contributed by atoms with Gasteiger partial charge in [0.15, 0.2) is 10.9 Å². The summed E-state index contributed by atoms with van der Waals surface area (Å²) in [5, 5.41) is 6.05. The third-order valence-corrected chi connectivity index (χ3v) is 7.82. The minimum atomic E-state index is -0.435. The number of carbonyl (C=O) groups is 2. The van der Waals surface area contributed by atoms with E-state index < -0.39 is 6.03 Å². The number of aromatic nitrogens is 2. The minimum absolute atomic E-state index is 0.0207. The summed E-state index contributed by atoms with van der Waals surface area (Å²) in [6, 6.07) is 11.3. The van der Waals surface area contributed by atoms with Crippen molar-refractivity contribution >= 4 is 61.7 Å². The molecule has 1 saturated carbocycles. The molecule has 1 aromatic carbocycles. The first-order valence-electron chi connectivity index (χ1n) is 9.99. The number of thioether (sulfide) groups is 1. The van der Waals surface area contributed by atoms with Crippen LogP contribution in [0.4, 0.5) is 15.6 Å². The highest BCUT2D eigenvalue weighted by Gasteiger charge is 2.26. The number of urea groups is 1. The Morgan fingerprint density at radius 3 is 2.68 bits per heavy atom. The molecule has 1 aliphatic carbocycles. The molecule has 0 unspecified atom stereocenters. The summed E-state index contributed by atoms with van der Waals surface area (Å²) in [5.41, 5.74) is 1.81. The maximum absolute atomic E-state index is 12.8. The molecule has 2 amide bonds. The number of Topliss-reactive ketones (excluding diaryl/α,β-unsaturated/α-hetero) is 1. The molecule has 1 fully saturated rings. The van der Waals surface area contributed by atoms with Crippen molar-refractivity contribution in [2.45, 2.75) is 36.3 Å². The van der Waals surface area contributed by atoms with Crippen molar-refractivity contribution in [3.05, 3.63) is 63.8 Å². The molecule has 0 spiro atoms. The Hall–Kier alpha value is -2.23. The van der Waals surface area contributed by atoms with Crippen molar-refractivity contribution in [2.24, 2.45) is 5.92 Å². The van der Waals surface area contributed by atoms with Crippen LogP contribution in [0.2, 0.25) is 0 Å². The zero-order valence-corrected chi connectivity index (χ0v) is 19.9. The van der Waals surface area contributed by atoms with Gasteiger partial charge < -0.3 is 5.32 Å². The fourth-order valence-corrected chi connectivity index (χ4v) is 6.03. The quantitative estimate of drug-likeness (QED) is 0.272. The van der Waals surface area contributed by atoms with E-state index in [-0.39, 0.29) is 11.7 Å². The number of thiazole rings is 1. The summed E-state index contributed by atoms with van der Waals surface area (Å²) in [5.74, 6) is 0.764. The number of hydrogen-bond acceptors (Lipinski definition) is 6. The average Bonchev–Trinajstić information content (AvgIpc) is 3.43. The van der Waals surface area contributed by atoms with E-state index in [4.69, 9.17) is 0 Å². The zero-order chi connectivity index (χ0) is 21.6. The number of carbonyl (C=O) groups excluding carboxylic acids is 2. The molecule has 0 aliphatic heterocycles. The third-order valence-electron chi connectivity index (χ3n) is 5.05. The molecule has 4 rings (SSSR count). The van der Waals surface area contributed by atoms with Crippen LogP contribution in [-0.4, -0.2) is 21.8 Å². The lowest BCUT2D eigenvalue weighted by Crippen LogP contribution is -2.22. The molecule has 2 aromatic heterocycles. The van der Waals surface area contributed by atoms with E-state index in [2.05, 4.69) is 48.7 Å². The van der Waals surface area contributed by atoms with Crippen molar-refractivity contribution in [3.63, 3.8) is 0 Å². The Balaban J connectivity index is 1.39. The number of halogens is 1. The topological polar surface area (TPSA) is 84.0 Å². The molecule has 0 bridgehead atoms. The van der Waals surface area contributed by atoms with Gasteiger partial charge in [-0.15, -0.1) is 11.8 Å². The van der Waals surface area contributed by atoms with Crippen LogP contribution < -0.4 is 10.6 Å². The van der Waals surface area contributed by atoms with Crippen LogP contribution >= 0.6 is 39.0 Å². The summed E-state index contributed by atoms with van der Waals surface area (Å²) in [6.07, 6.45) is 7.05. The van der Waals surface area contributed by atoms with Crippen LogP contribution in [0.25, 0.3) is 0 Å². The van der Waals surface area contributed by atoms with E-state index in [9.17, 15) is 9.59 Å². The molecule has 0 radical (unpaired) electrons. The van der Waals surface area contributed by atoms with Gasteiger partial charge in [0.05, 0.1) is 20.7 Å². The van der Waals surface area contributed by atoms with Gasteiger partial charge in [-0.1, -0.05) is 42.4 Å². The fraction of sp³-hybridized carbons (Fsp3) is 0.273. The van der Waals surface area contributed by atoms with Crippen LogP contribution in [-0.2, 0) is 5.75 Å². The van der Waals surface area contributed by atoms with E-state index in [0.717, 1.165) is 40.1 Å². The van der Waals surface area contributed by atoms with Crippen molar-refractivity contribution in [1.82, 2.24) is 9.97 Å². The number of nitrogens with one attached hydrogen (secondary N) is 2. The van der Waals surface area contributed by atoms with Gasteiger partial charge in [0.2, 0.25) is 0 Å². The first-order chi connectivity index (χ1) is 15.1. The van der Waals surface area contributed by atoms with Gasteiger partial charge in [-0.25, -0.2) is 9.78 Å². The highest BCUT2D eigenvalue weighted by Crippen LogP contribution is 2.33. The second kappa shape index (κ2) is 10.4. The minimum Gasteiger partial charge on any atom is -0.307 e. The molecule has 31 heavy (non-hydrogen) atoms. The normalized spacial score (nSPS) is 13.8. The van der Waals surface area contributed by atoms with Gasteiger partial charge in [-0.05, 0) is 47.0 Å². The van der Waals surface area contributed by atoms with Crippen molar-refractivity contribution in [2.75, 3.05) is 10.6 Å². The van der Waals surface area contributed by atoms with Crippen LogP contribution in [0.1, 0.15) is 41.7 Å². The van der Waals surface area contributed by atoms with Crippen LogP contribution in [0.3, 0.4) is 0 Å². The molecule has 160 valence electrons. The number of rotatable bonds is 7. The van der Waals surface area contributed by atoms with Gasteiger partial charge in [0.25, 0.3) is 0 Å². The fourth-order valence-electron chi connectivity index (χ4n) is 3.50. The van der Waals surface area contributed by atoms with E-state index in [0.29, 0.717) is 22.1 Å². The summed E-state index contributed by atoms with van der Waals surface area (Å²) < 4.78 is 0.882. The van der Waals surface area contributed by atoms with E-state index >= 15 is 0 Å². The smallest absolute Gasteiger partial charge is 0.307 e. The number of hydrogen-bond donors (Lipinski definition) is 2. The highest BCUT2D eigenvalue weighted by atomic mass is 79.9. The first kappa shape index (κ1) is 22.0. The second-order valence-corrected chi connectivity index (χ2v) is 10.6. The molecule has 2 heterocycles. The Labute approximate surface area is 197 Å². The predicted octanol–water partition coefficient (Wildman–Crippen LogP) is 6.61. The second-order valence-electron chi connectivity index (χ2n) is 7.19. The maximum atomic E-state index is 12.8. The van der Waals surface area contributed by atoms with Crippen molar-refractivity contribution in [1.29, 1.82) is 0 Å². The van der Waals surface area contributed by atoms with Crippen LogP contribution in [0.5, 0.6) is 0 Å². The van der Waals surface area contributed by atoms with E-state index in [1.807, 2.05) is 18.2 Å². The van der Waals surface area contributed by atoms with Gasteiger partial charge in [-0.3, -0.25) is 15.1 Å². The third kappa shape index (κ3) is 5.72. The van der Waals surface area contributed by atoms with Gasteiger partial charge in [-0.2, -0.15) is 0 Å². The SMILES string of the molecule is O=C(Nc1nc(CSc2ccccc2)c(Br)s1)Nc1ccncc1C(=O)C1CCCC1. The lowest BCUT2D eigenvalue weighted by molar-refractivity contribution is 0.0923. The monoisotopic (exact) mass is 516 g/mol. The molecule has 6 nitrogen and oxygen atoms in total. The Bertz CT molecular complexity index is 1070. The number of nitrogens with zero attached hydrogens (tertiary/aromatic N) is 2. The lowest BCUT2D eigenvalue weighted by Gasteiger charge is -2.13. The molecule has 2 N–H and O–H groups in total. The summed E-state index contributed by atoms with van der Waals surface area (Å²) in [6.45, 7) is 0. The number of pyridine rings is 1. The summed E-state index contributed by atoms with van der Waals surface area (Å²) >= 11 is 6.58. The Kier molecular flexibility index (Phi) is 7.37. The number of amides is 2. The molecular formula is C22H21BrN4O2S2. The Morgan fingerprint density at radius 1 is 1.13 bits per heavy atom. The molecule has 9 heteroatoms. The molecule has 1 aliphatic rings. The highest BCUT2D eigenvalue weighted by molar-refractivity contribution is 9.11. The first-order valence-corrected chi connectivity index (χ1v) is 12.6. The maximum Gasteiger partial charge on any atom is 0.325 e. The Morgan fingerprint density at radius 2 is 1.90 bits per heavy atom. The number of ketones is 1. The summed E-state index contributed by atoms with van der Waals surface area (Å²) in [7, 11) is 0. The van der Waals surface area contributed by atoms with Gasteiger partial charge >= 0.3 is 6.03 Å². The number of benzene rings is 1. The van der Waals surface area contributed by atoms with Crippen LogP contribution in [0, 0.1) is 5.92 Å². The predicted molar refractivity (Wildman–Crippen MR) is 129 cm³/mol. The van der Waals surface area contributed by atoms with E-state index in [1.165, 1.54) is 17.5 Å². The molecule has 0 atom stereocenters. The van der Waals surface area contributed by atoms with Gasteiger partial charge in [0.1, 0.15) is 0 Å². The standard InChI is InChI=1S/C22H21BrN4O2S2/c23-20-18(13-30-15-8-2-1-3-9-15)26-22(31-20)27-21(29)25-17-10-11-24-12-16(17)19(28)14-6-4-5-7-14/h1-3,8-12,14H,4-7,13H2,(H2,24,25,26,27,29). The largest absolute Gasteiger partial charge is 0.325 e.